The third kappa shape index (κ3) is 3.41. The highest BCUT2D eigenvalue weighted by atomic mass is 32.1. The Morgan fingerprint density at radius 1 is 1.10 bits per heavy atom. The van der Waals surface area contributed by atoms with Crippen LogP contribution in [0.1, 0.15) is 36.6 Å². The van der Waals surface area contributed by atoms with Crippen LogP contribution < -0.4 is 10.2 Å². The molecule has 3 rings (SSSR count). The number of hydrogen-bond acceptors (Lipinski definition) is 3. The van der Waals surface area contributed by atoms with Gasteiger partial charge in [-0.1, -0.05) is 18.9 Å². The largest absolute Gasteiger partial charge is 0.378 e. The zero-order chi connectivity index (χ0) is 14.7. The molecule has 21 heavy (non-hydrogen) atoms. The summed E-state index contributed by atoms with van der Waals surface area (Å²) in [5.41, 5.74) is 2.47. The highest BCUT2D eigenvalue weighted by Crippen LogP contribution is 2.39. The molecule has 2 aromatic rings. The van der Waals surface area contributed by atoms with Crippen LogP contribution in [0, 0.1) is 5.92 Å². The molecule has 1 fully saturated rings. The maximum absolute atomic E-state index is 3.78. The Morgan fingerprint density at radius 3 is 2.38 bits per heavy atom. The monoisotopic (exact) mass is 300 g/mol. The van der Waals surface area contributed by atoms with Gasteiger partial charge in [-0.05, 0) is 54.5 Å². The Kier molecular flexibility index (Phi) is 4.49. The Balaban J connectivity index is 1.77. The van der Waals surface area contributed by atoms with Crippen LogP contribution >= 0.6 is 11.3 Å². The Labute approximate surface area is 131 Å². The van der Waals surface area contributed by atoms with E-state index >= 15 is 0 Å². The summed E-state index contributed by atoms with van der Waals surface area (Å²) >= 11 is 1.87. The van der Waals surface area contributed by atoms with E-state index in [0.29, 0.717) is 6.04 Å². The summed E-state index contributed by atoms with van der Waals surface area (Å²) in [6.45, 7) is 0. The fourth-order valence-corrected chi connectivity index (χ4v) is 4.08. The summed E-state index contributed by atoms with van der Waals surface area (Å²) in [5, 5.41) is 5.97. The highest BCUT2D eigenvalue weighted by Gasteiger charge is 2.26. The van der Waals surface area contributed by atoms with Gasteiger partial charge in [-0.15, -0.1) is 11.3 Å². The molecule has 1 aromatic carbocycles. The molecule has 0 radical (unpaired) electrons. The zero-order valence-corrected chi connectivity index (χ0v) is 13.7. The fourth-order valence-electron chi connectivity index (χ4n) is 3.22. The predicted molar refractivity (Wildman–Crippen MR) is 93.4 cm³/mol. The van der Waals surface area contributed by atoms with Crippen LogP contribution in [0.4, 0.5) is 11.4 Å². The Morgan fingerprint density at radius 2 is 1.81 bits per heavy atom. The molecular formula is C18H24N2S. The van der Waals surface area contributed by atoms with Crippen LogP contribution in [-0.2, 0) is 0 Å². The van der Waals surface area contributed by atoms with Gasteiger partial charge in [-0.2, -0.15) is 0 Å². The summed E-state index contributed by atoms with van der Waals surface area (Å²) in [6.07, 6.45) is 5.47. The van der Waals surface area contributed by atoms with Gasteiger partial charge in [0, 0.05) is 30.3 Å². The molecule has 0 amide bonds. The van der Waals surface area contributed by atoms with E-state index in [-0.39, 0.29) is 0 Å². The molecule has 1 aliphatic rings. The van der Waals surface area contributed by atoms with E-state index in [4.69, 9.17) is 0 Å². The van der Waals surface area contributed by atoms with Crippen LogP contribution in [0.2, 0.25) is 0 Å². The molecule has 1 N–H and O–H groups in total. The van der Waals surface area contributed by atoms with Gasteiger partial charge in [-0.3, -0.25) is 0 Å². The van der Waals surface area contributed by atoms with Crippen LogP contribution in [0.15, 0.2) is 41.8 Å². The molecule has 1 saturated carbocycles. The molecule has 2 nitrogen and oxygen atoms in total. The van der Waals surface area contributed by atoms with Gasteiger partial charge in [0.15, 0.2) is 0 Å². The van der Waals surface area contributed by atoms with Crippen molar-refractivity contribution in [1.29, 1.82) is 0 Å². The molecule has 1 unspecified atom stereocenters. The number of rotatable bonds is 5. The Hall–Kier alpha value is -1.48. The van der Waals surface area contributed by atoms with Crippen molar-refractivity contribution in [1.82, 2.24) is 0 Å². The predicted octanol–water partition coefficient (Wildman–Crippen LogP) is 5.16. The minimum Gasteiger partial charge on any atom is -0.378 e. The van der Waals surface area contributed by atoms with Gasteiger partial charge in [0.1, 0.15) is 0 Å². The molecule has 1 aromatic heterocycles. The van der Waals surface area contributed by atoms with Crippen LogP contribution in [0.5, 0.6) is 0 Å². The minimum absolute atomic E-state index is 0.470. The maximum Gasteiger partial charge on any atom is 0.0634 e. The number of thiophene rings is 1. The summed E-state index contributed by atoms with van der Waals surface area (Å²) in [7, 11) is 4.16. The first-order valence-electron chi connectivity index (χ1n) is 7.81. The van der Waals surface area contributed by atoms with E-state index in [1.807, 2.05) is 11.3 Å². The van der Waals surface area contributed by atoms with Crippen molar-refractivity contribution in [2.75, 3.05) is 24.3 Å². The second-order valence-electron chi connectivity index (χ2n) is 6.12. The van der Waals surface area contributed by atoms with Crippen LogP contribution in [0.25, 0.3) is 0 Å². The first-order chi connectivity index (χ1) is 10.2. The molecule has 3 heteroatoms. The van der Waals surface area contributed by atoms with Crippen molar-refractivity contribution >= 4 is 22.7 Å². The first kappa shape index (κ1) is 14.5. The van der Waals surface area contributed by atoms with Gasteiger partial charge in [0.25, 0.3) is 0 Å². The number of hydrogen-bond donors (Lipinski definition) is 1. The summed E-state index contributed by atoms with van der Waals surface area (Å²) in [5.74, 6) is 0.775. The highest BCUT2D eigenvalue weighted by molar-refractivity contribution is 7.10. The van der Waals surface area contributed by atoms with Crippen molar-refractivity contribution in [2.45, 2.75) is 31.7 Å². The summed E-state index contributed by atoms with van der Waals surface area (Å²) in [4.78, 5) is 3.61. The van der Waals surface area contributed by atoms with E-state index in [1.54, 1.807) is 0 Å². The number of nitrogens with zero attached hydrogens (tertiary/aromatic N) is 1. The first-order valence-corrected chi connectivity index (χ1v) is 8.69. The van der Waals surface area contributed by atoms with E-state index in [2.05, 4.69) is 66.1 Å². The van der Waals surface area contributed by atoms with E-state index in [0.717, 1.165) is 5.92 Å². The smallest absolute Gasteiger partial charge is 0.0634 e. The fraction of sp³-hybridized carbons (Fsp3) is 0.444. The Bertz CT molecular complexity index is 539. The van der Waals surface area contributed by atoms with Crippen molar-refractivity contribution < 1.29 is 0 Å². The van der Waals surface area contributed by atoms with Crippen molar-refractivity contribution in [3.8, 4) is 0 Å². The molecule has 0 bridgehead atoms. The molecule has 0 spiro atoms. The number of anilines is 2. The average Bonchev–Trinajstić information content (AvgIpc) is 3.19. The van der Waals surface area contributed by atoms with E-state index < -0.39 is 0 Å². The van der Waals surface area contributed by atoms with Gasteiger partial charge in [-0.25, -0.2) is 0 Å². The molecule has 0 aliphatic heterocycles. The number of benzene rings is 1. The molecule has 1 heterocycles. The van der Waals surface area contributed by atoms with Crippen molar-refractivity contribution in [3.05, 3.63) is 46.7 Å². The van der Waals surface area contributed by atoms with E-state index in [1.165, 1.54) is 41.9 Å². The zero-order valence-electron chi connectivity index (χ0n) is 12.9. The van der Waals surface area contributed by atoms with Gasteiger partial charge >= 0.3 is 0 Å². The van der Waals surface area contributed by atoms with E-state index in [9.17, 15) is 0 Å². The third-order valence-corrected chi connectivity index (χ3v) is 5.38. The lowest BCUT2D eigenvalue weighted by molar-refractivity contribution is 0.475. The maximum atomic E-state index is 3.78. The lowest BCUT2D eigenvalue weighted by Gasteiger charge is -2.25. The topological polar surface area (TPSA) is 15.3 Å². The standard InChI is InChI=1S/C18H24N2S/c1-20(2)16-11-9-15(10-12-16)19-18(14-6-3-4-7-14)17-8-5-13-21-17/h5,8-14,18-19H,3-4,6-7H2,1-2H3. The third-order valence-electron chi connectivity index (χ3n) is 4.43. The molecular weight excluding hydrogens is 276 g/mol. The SMILES string of the molecule is CN(C)c1ccc(NC(c2cccs2)C2CCCC2)cc1. The van der Waals surface area contributed by atoms with Crippen molar-refractivity contribution in [3.63, 3.8) is 0 Å². The summed E-state index contributed by atoms with van der Waals surface area (Å²) in [6, 6.07) is 13.7. The van der Waals surface area contributed by atoms with Crippen LogP contribution in [-0.4, -0.2) is 14.1 Å². The lowest BCUT2D eigenvalue weighted by atomic mass is 9.96. The second-order valence-corrected chi connectivity index (χ2v) is 7.10. The van der Waals surface area contributed by atoms with Crippen molar-refractivity contribution in [2.24, 2.45) is 5.92 Å². The normalized spacial score (nSPS) is 16.9. The van der Waals surface area contributed by atoms with Gasteiger partial charge in [0.2, 0.25) is 0 Å². The quantitative estimate of drug-likeness (QED) is 0.820. The van der Waals surface area contributed by atoms with Gasteiger partial charge < -0.3 is 10.2 Å². The molecule has 1 aliphatic carbocycles. The van der Waals surface area contributed by atoms with Crippen LogP contribution in [0.3, 0.4) is 0 Å². The number of nitrogens with one attached hydrogen (secondary N) is 1. The molecule has 0 saturated heterocycles. The lowest BCUT2D eigenvalue weighted by Crippen LogP contribution is -2.18. The molecule has 112 valence electrons. The summed E-state index contributed by atoms with van der Waals surface area (Å²) < 4.78 is 0. The molecule has 1 atom stereocenters. The van der Waals surface area contributed by atoms with Gasteiger partial charge in [0.05, 0.1) is 6.04 Å². The minimum atomic E-state index is 0.470. The second kappa shape index (κ2) is 6.52. The average molecular weight is 300 g/mol.